The number of nitrogens with one attached hydrogen (secondary N) is 1. The summed E-state index contributed by atoms with van der Waals surface area (Å²) in [7, 11) is 1.42. The van der Waals surface area contributed by atoms with E-state index in [1.165, 1.54) is 23.0 Å². The highest BCUT2D eigenvalue weighted by molar-refractivity contribution is 6.46. The molecule has 36 heavy (non-hydrogen) atoms. The molecule has 0 radical (unpaired) electrons. The Morgan fingerprint density at radius 2 is 1.86 bits per heavy atom. The van der Waals surface area contributed by atoms with Crippen molar-refractivity contribution in [2.75, 3.05) is 46.5 Å². The number of ether oxygens (including phenoxy) is 3. The number of carbonyl (C=O) groups excluding carboxylic acids is 2. The lowest BCUT2D eigenvalue weighted by Gasteiger charge is -2.30. The molecule has 0 bridgehead atoms. The number of methoxy groups -OCH3 is 1. The fourth-order valence-corrected chi connectivity index (χ4v) is 4.61. The monoisotopic (exact) mass is 496 g/mol. The van der Waals surface area contributed by atoms with Crippen LogP contribution in [0.1, 0.15) is 31.0 Å². The maximum Gasteiger partial charge on any atom is 0.295 e. The molecule has 2 fully saturated rings. The number of rotatable bonds is 8. The van der Waals surface area contributed by atoms with E-state index in [2.05, 4.69) is 0 Å². The smallest absolute Gasteiger partial charge is 0.295 e. The van der Waals surface area contributed by atoms with Crippen molar-refractivity contribution in [1.82, 2.24) is 4.90 Å². The number of phenolic OH excluding ortho intramolecular Hbond substituents is 1. The number of nitrogens with zero attached hydrogens (tertiary/aromatic N) is 1. The molecule has 9 nitrogen and oxygen atoms in total. The van der Waals surface area contributed by atoms with E-state index in [1.54, 1.807) is 36.4 Å². The van der Waals surface area contributed by atoms with Gasteiger partial charge in [-0.15, -0.1) is 0 Å². The molecule has 0 saturated carbocycles. The number of aromatic hydroxyl groups is 1. The Labute approximate surface area is 210 Å². The normalized spacial score (nSPS) is 20.2. The molecule has 2 saturated heterocycles. The lowest BCUT2D eigenvalue weighted by atomic mass is 9.95. The van der Waals surface area contributed by atoms with E-state index in [0.717, 1.165) is 13.1 Å². The second-order valence-corrected chi connectivity index (χ2v) is 9.21. The number of Topliss-reactive ketones (excluding diaryl/α,β-unsaturated/α-hetero) is 1. The summed E-state index contributed by atoms with van der Waals surface area (Å²) < 4.78 is 16.3. The minimum Gasteiger partial charge on any atom is -0.872 e. The van der Waals surface area contributed by atoms with Crippen molar-refractivity contribution in [2.45, 2.75) is 26.0 Å². The number of phenols is 1. The van der Waals surface area contributed by atoms with Crippen LogP contribution >= 0.6 is 0 Å². The number of quaternary nitrogens is 1. The van der Waals surface area contributed by atoms with Gasteiger partial charge in [-0.2, -0.15) is 0 Å². The van der Waals surface area contributed by atoms with Crippen LogP contribution in [0.15, 0.2) is 48.0 Å². The molecule has 2 aromatic carbocycles. The van der Waals surface area contributed by atoms with E-state index in [9.17, 15) is 19.8 Å². The summed E-state index contributed by atoms with van der Waals surface area (Å²) in [5, 5.41) is 23.7. The van der Waals surface area contributed by atoms with Gasteiger partial charge in [0.05, 0.1) is 45.6 Å². The average molecular weight is 497 g/mol. The van der Waals surface area contributed by atoms with Gasteiger partial charge in [-0.3, -0.25) is 9.59 Å². The standard InChI is InChI=1S/C27H32N2O7/c1-17(2)36-20-7-4-18(5-8-20)25(31)23-24(19-6-9-21(30)22(16-19)34-3)29(27(33)26(23)32)11-10-28-12-14-35-15-13-28/h4-9,16-17,24,30-31H,10-15H2,1-3H3. The molecular formula is C27H32N2O7. The molecule has 9 heteroatoms. The van der Waals surface area contributed by atoms with E-state index in [4.69, 9.17) is 14.2 Å². The maximum atomic E-state index is 13.6. The third-order valence-electron chi connectivity index (χ3n) is 6.44. The molecule has 1 amide bonds. The summed E-state index contributed by atoms with van der Waals surface area (Å²) in [6.07, 6.45) is -0.0222. The van der Waals surface area contributed by atoms with Gasteiger partial charge in [0.1, 0.15) is 18.8 Å². The van der Waals surface area contributed by atoms with Crippen molar-refractivity contribution in [3.63, 3.8) is 0 Å². The van der Waals surface area contributed by atoms with Crippen LogP contribution in [0.3, 0.4) is 0 Å². The van der Waals surface area contributed by atoms with Crippen LogP contribution in [0, 0.1) is 0 Å². The molecule has 0 spiro atoms. The Morgan fingerprint density at radius 3 is 2.50 bits per heavy atom. The van der Waals surface area contributed by atoms with Crippen LogP contribution < -0.4 is 19.5 Å². The Hall–Kier alpha value is -3.56. The fraction of sp³-hybridized carbons (Fsp3) is 0.407. The second kappa shape index (κ2) is 11.0. The van der Waals surface area contributed by atoms with E-state index in [0.29, 0.717) is 43.2 Å². The molecule has 2 N–H and O–H groups in total. The summed E-state index contributed by atoms with van der Waals surface area (Å²) in [5.74, 6) is -1.30. The Balaban J connectivity index is 1.73. The van der Waals surface area contributed by atoms with Crippen LogP contribution in [-0.4, -0.2) is 74.3 Å². The van der Waals surface area contributed by atoms with Gasteiger partial charge >= 0.3 is 0 Å². The zero-order valence-electron chi connectivity index (χ0n) is 20.8. The lowest BCUT2D eigenvalue weighted by molar-refractivity contribution is -0.907. The third-order valence-corrected chi connectivity index (χ3v) is 6.44. The predicted molar refractivity (Wildman–Crippen MR) is 130 cm³/mol. The Kier molecular flexibility index (Phi) is 7.81. The summed E-state index contributed by atoms with van der Waals surface area (Å²) in [5.41, 5.74) is 0.699. The molecule has 1 unspecified atom stereocenters. The number of carbonyl (C=O) groups is 2. The number of hydrogen-bond acceptors (Lipinski definition) is 7. The first-order valence-corrected chi connectivity index (χ1v) is 12.1. The van der Waals surface area contributed by atoms with Crippen molar-refractivity contribution in [3.05, 3.63) is 59.2 Å². The van der Waals surface area contributed by atoms with Gasteiger partial charge in [0, 0.05) is 5.57 Å². The molecule has 4 rings (SSSR count). The van der Waals surface area contributed by atoms with Crippen LogP contribution in [0.2, 0.25) is 0 Å². The van der Waals surface area contributed by atoms with Gasteiger partial charge in [0.25, 0.3) is 5.91 Å². The maximum absolute atomic E-state index is 13.6. The summed E-state index contributed by atoms with van der Waals surface area (Å²) in [6, 6.07) is 10.3. The SMILES string of the molecule is COc1cc(C2C(=C([O-])c3ccc(OC(C)C)cc3)C(=O)C(=O)N2CC[NH+]2CCOCC2)ccc1O. The van der Waals surface area contributed by atoms with Gasteiger partial charge in [-0.25, -0.2) is 0 Å². The third kappa shape index (κ3) is 5.32. The van der Waals surface area contributed by atoms with E-state index in [-0.39, 0.29) is 23.2 Å². The topological polar surface area (TPSA) is 113 Å². The number of amides is 1. The first-order chi connectivity index (χ1) is 17.3. The second-order valence-electron chi connectivity index (χ2n) is 9.21. The van der Waals surface area contributed by atoms with Crippen LogP contribution in [-0.2, 0) is 14.3 Å². The number of hydrogen-bond donors (Lipinski definition) is 2. The number of ketones is 1. The van der Waals surface area contributed by atoms with Gasteiger partial charge in [-0.05, 0) is 49.2 Å². The summed E-state index contributed by atoms with van der Waals surface area (Å²) >= 11 is 0. The predicted octanol–water partition coefficient (Wildman–Crippen LogP) is 0.327. The first kappa shape index (κ1) is 25.5. The minimum atomic E-state index is -0.890. The summed E-state index contributed by atoms with van der Waals surface area (Å²) in [4.78, 5) is 29.1. The van der Waals surface area contributed by atoms with Crippen LogP contribution in [0.5, 0.6) is 17.2 Å². The molecule has 2 aromatic rings. The van der Waals surface area contributed by atoms with Gasteiger partial charge in [0.15, 0.2) is 11.5 Å². The Morgan fingerprint density at radius 1 is 1.17 bits per heavy atom. The number of benzene rings is 2. The summed E-state index contributed by atoms with van der Waals surface area (Å²) in [6.45, 7) is 7.65. The zero-order chi connectivity index (χ0) is 25.8. The van der Waals surface area contributed by atoms with Crippen LogP contribution in [0.4, 0.5) is 0 Å². The van der Waals surface area contributed by atoms with Gasteiger partial charge in [-0.1, -0.05) is 24.0 Å². The molecule has 192 valence electrons. The van der Waals surface area contributed by atoms with Crippen molar-refractivity contribution in [3.8, 4) is 17.2 Å². The quantitative estimate of drug-likeness (QED) is 0.308. The van der Waals surface area contributed by atoms with Crippen molar-refractivity contribution in [2.24, 2.45) is 0 Å². The molecule has 2 aliphatic heterocycles. The minimum absolute atomic E-state index is 0.0222. The van der Waals surface area contributed by atoms with Crippen LogP contribution in [0.25, 0.3) is 5.76 Å². The first-order valence-electron chi connectivity index (χ1n) is 12.1. The molecule has 1 atom stereocenters. The number of morpholine rings is 1. The van der Waals surface area contributed by atoms with Crippen molar-refractivity contribution in [1.29, 1.82) is 0 Å². The van der Waals surface area contributed by atoms with E-state index in [1.807, 2.05) is 13.8 Å². The van der Waals surface area contributed by atoms with E-state index < -0.39 is 23.5 Å². The molecule has 0 aliphatic carbocycles. The Bertz CT molecular complexity index is 1140. The largest absolute Gasteiger partial charge is 0.872 e. The van der Waals surface area contributed by atoms with Crippen molar-refractivity contribution >= 4 is 17.4 Å². The highest BCUT2D eigenvalue weighted by atomic mass is 16.5. The van der Waals surface area contributed by atoms with Crippen molar-refractivity contribution < 1.29 is 38.9 Å². The molecule has 2 heterocycles. The number of likely N-dealkylation sites (tertiary alicyclic amines) is 1. The fourth-order valence-electron chi connectivity index (χ4n) is 4.61. The highest BCUT2D eigenvalue weighted by Crippen LogP contribution is 2.41. The van der Waals surface area contributed by atoms with E-state index >= 15 is 0 Å². The average Bonchev–Trinajstić information content (AvgIpc) is 3.13. The van der Waals surface area contributed by atoms with Gasteiger partial charge < -0.3 is 34.2 Å². The zero-order valence-corrected chi connectivity index (χ0v) is 20.8. The molecule has 0 aromatic heterocycles. The highest BCUT2D eigenvalue weighted by Gasteiger charge is 2.44. The van der Waals surface area contributed by atoms with Gasteiger partial charge in [0.2, 0.25) is 5.78 Å². The lowest BCUT2D eigenvalue weighted by Crippen LogP contribution is -3.14. The molecule has 2 aliphatic rings. The molecular weight excluding hydrogens is 464 g/mol.